The Morgan fingerprint density at radius 2 is 1.95 bits per heavy atom. The van der Waals surface area contributed by atoms with E-state index in [4.69, 9.17) is 4.74 Å². The summed E-state index contributed by atoms with van der Waals surface area (Å²) in [5, 5.41) is 0.950. The first-order valence-corrected chi connectivity index (χ1v) is 9.46. The average Bonchev–Trinajstić information content (AvgIpc) is 2.55. The molecule has 0 spiro atoms. The SMILES string of the molecule is BrCCOC1CCN(CC2CCCc3ccccc32)CC1. The van der Waals surface area contributed by atoms with E-state index in [2.05, 4.69) is 45.1 Å². The molecule has 1 saturated heterocycles. The molecule has 3 rings (SSSR count). The molecule has 2 aliphatic rings. The highest BCUT2D eigenvalue weighted by Gasteiger charge is 2.25. The fraction of sp³-hybridized carbons (Fsp3) is 0.667. The standard InChI is InChI=1S/C18H26BrNO/c19-10-13-21-17-8-11-20(12-9-17)14-16-6-3-5-15-4-1-2-7-18(15)16/h1-2,4,7,16-17H,3,5-6,8-14H2. The van der Waals surface area contributed by atoms with Gasteiger partial charge in [-0.2, -0.15) is 0 Å². The Morgan fingerprint density at radius 3 is 2.76 bits per heavy atom. The average molecular weight is 352 g/mol. The second-order valence-corrected chi connectivity index (χ2v) is 7.14. The van der Waals surface area contributed by atoms with E-state index in [1.807, 2.05) is 0 Å². The number of piperidine rings is 1. The maximum absolute atomic E-state index is 5.85. The fourth-order valence-electron chi connectivity index (χ4n) is 3.83. The second kappa shape index (κ2) is 7.75. The third-order valence-electron chi connectivity index (χ3n) is 4.94. The summed E-state index contributed by atoms with van der Waals surface area (Å²) in [5.41, 5.74) is 3.20. The van der Waals surface area contributed by atoms with Crippen molar-refractivity contribution in [2.75, 3.05) is 31.6 Å². The van der Waals surface area contributed by atoms with Crippen LogP contribution in [0.5, 0.6) is 0 Å². The lowest BCUT2D eigenvalue weighted by atomic mass is 9.82. The number of nitrogens with zero attached hydrogens (tertiary/aromatic N) is 1. The second-order valence-electron chi connectivity index (χ2n) is 6.35. The molecule has 1 heterocycles. The first-order chi connectivity index (χ1) is 10.4. The minimum atomic E-state index is 0.484. The summed E-state index contributed by atoms with van der Waals surface area (Å²) in [6, 6.07) is 9.07. The van der Waals surface area contributed by atoms with Gasteiger partial charge in [0.2, 0.25) is 0 Å². The highest BCUT2D eigenvalue weighted by molar-refractivity contribution is 9.09. The van der Waals surface area contributed by atoms with Crippen LogP contribution in [0, 0.1) is 0 Å². The molecule has 0 saturated carbocycles. The molecule has 1 aromatic rings. The molecule has 1 aromatic carbocycles. The highest BCUT2D eigenvalue weighted by atomic mass is 79.9. The van der Waals surface area contributed by atoms with Gasteiger partial charge in [-0.1, -0.05) is 40.2 Å². The molecule has 1 aliphatic heterocycles. The van der Waals surface area contributed by atoms with Crippen LogP contribution in [-0.2, 0) is 11.2 Å². The Labute approximate surface area is 137 Å². The Morgan fingerprint density at radius 1 is 1.14 bits per heavy atom. The smallest absolute Gasteiger partial charge is 0.0599 e. The van der Waals surface area contributed by atoms with Crippen molar-refractivity contribution in [2.24, 2.45) is 0 Å². The summed E-state index contributed by atoms with van der Waals surface area (Å²) < 4.78 is 5.85. The maximum Gasteiger partial charge on any atom is 0.0599 e. The summed E-state index contributed by atoms with van der Waals surface area (Å²) >= 11 is 3.43. The van der Waals surface area contributed by atoms with Crippen LogP contribution in [0.2, 0.25) is 0 Å². The Balaban J connectivity index is 1.52. The molecule has 1 fully saturated rings. The third kappa shape index (κ3) is 4.08. The maximum atomic E-state index is 5.85. The molecular formula is C18H26BrNO. The van der Waals surface area contributed by atoms with Crippen molar-refractivity contribution >= 4 is 15.9 Å². The molecule has 0 bridgehead atoms. The zero-order chi connectivity index (χ0) is 14.5. The van der Waals surface area contributed by atoms with Crippen LogP contribution < -0.4 is 0 Å². The number of benzene rings is 1. The number of hydrogen-bond acceptors (Lipinski definition) is 2. The highest BCUT2D eigenvalue weighted by Crippen LogP contribution is 2.32. The van der Waals surface area contributed by atoms with Gasteiger partial charge in [-0.25, -0.2) is 0 Å². The van der Waals surface area contributed by atoms with E-state index in [0.717, 1.165) is 17.9 Å². The van der Waals surface area contributed by atoms with Crippen LogP contribution in [0.25, 0.3) is 0 Å². The van der Waals surface area contributed by atoms with Crippen LogP contribution in [0.15, 0.2) is 24.3 Å². The fourth-order valence-corrected chi connectivity index (χ4v) is 4.01. The quantitative estimate of drug-likeness (QED) is 0.743. The number of alkyl halides is 1. The minimum absolute atomic E-state index is 0.484. The molecule has 1 aliphatic carbocycles. The van der Waals surface area contributed by atoms with Crippen molar-refractivity contribution in [3.8, 4) is 0 Å². The van der Waals surface area contributed by atoms with Crippen molar-refractivity contribution in [1.82, 2.24) is 4.90 Å². The van der Waals surface area contributed by atoms with Gasteiger partial charge in [-0.05, 0) is 49.1 Å². The van der Waals surface area contributed by atoms with E-state index >= 15 is 0 Å². The molecule has 1 atom stereocenters. The van der Waals surface area contributed by atoms with Crippen molar-refractivity contribution in [2.45, 2.75) is 44.1 Å². The van der Waals surface area contributed by atoms with E-state index in [0.29, 0.717) is 6.10 Å². The summed E-state index contributed by atoms with van der Waals surface area (Å²) in [4.78, 5) is 2.65. The lowest BCUT2D eigenvalue weighted by Gasteiger charge is -2.36. The number of hydrogen-bond donors (Lipinski definition) is 0. The number of rotatable bonds is 5. The zero-order valence-corrected chi connectivity index (χ0v) is 14.4. The molecular weight excluding hydrogens is 326 g/mol. The molecule has 1 unspecified atom stereocenters. The first kappa shape index (κ1) is 15.5. The van der Waals surface area contributed by atoms with E-state index < -0.39 is 0 Å². The van der Waals surface area contributed by atoms with E-state index in [1.165, 1.54) is 51.7 Å². The van der Waals surface area contributed by atoms with E-state index in [1.54, 1.807) is 11.1 Å². The molecule has 2 nitrogen and oxygen atoms in total. The summed E-state index contributed by atoms with van der Waals surface area (Å²) in [6.45, 7) is 4.49. The number of fused-ring (bicyclic) bond motifs is 1. The minimum Gasteiger partial charge on any atom is -0.377 e. The number of halogens is 1. The molecule has 0 amide bonds. The van der Waals surface area contributed by atoms with Crippen LogP contribution >= 0.6 is 15.9 Å². The third-order valence-corrected chi connectivity index (χ3v) is 5.26. The van der Waals surface area contributed by atoms with Gasteiger partial charge >= 0.3 is 0 Å². The van der Waals surface area contributed by atoms with Gasteiger partial charge in [-0.15, -0.1) is 0 Å². The summed E-state index contributed by atoms with van der Waals surface area (Å²) in [6.07, 6.45) is 6.86. The van der Waals surface area contributed by atoms with E-state index in [-0.39, 0.29) is 0 Å². The lowest BCUT2D eigenvalue weighted by Crippen LogP contribution is -2.39. The zero-order valence-electron chi connectivity index (χ0n) is 12.8. The topological polar surface area (TPSA) is 12.5 Å². The predicted octanol–water partition coefficient (Wildman–Crippen LogP) is 3.98. The van der Waals surface area contributed by atoms with Gasteiger partial charge in [0.05, 0.1) is 12.7 Å². The van der Waals surface area contributed by atoms with Crippen LogP contribution in [0.3, 0.4) is 0 Å². The van der Waals surface area contributed by atoms with Crippen LogP contribution in [-0.4, -0.2) is 42.6 Å². The Hall–Kier alpha value is -0.380. The summed E-state index contributed by atoms with van der Waals surface area (Å²) in [7, 11) is 0. The normalized spacial score (nSPS) is 24.0. The number of likely N-dealkylation sites (tertiary alicyclic amines) is 1. The summed E-state index contributed by atoms with van der Waals surface area (Å²) in [5.74, 6) is 0.745. The largest absolute Gasteiger partial charge is 0.377 e. The molecule has 0 radical (unpaired) electrons. The van der Waals surface area contributed by atoms with Crippen molar-refractivity contribution in [1.29, 1.82) is 0 Å². The Kier molecular flexibility index (Phi) is 5.73. The molecule has 21 heavy (non-hydrogen) atoms. The van der Waals surface area contributed by atoms with Crippen molar-refractivity contribution in [3.05, 3.63) is 35.4 Å². The van der Waals surface area contributed by atoms with Gasteiger partial charge in [0.1, 0.15) is 0 Å². The van der Waals surface area contributed by atoms with Gasteiger partial charge < -0.3 is 9.64 Å². The molecule has 3 heteroatoms. The molecule has 0 aromatic heterocycles. The van der Waals surface area contributed by atoms with Gasteiger partial charge in [0, 0.05) is 25.0 Å². The van der Waals surface area contributed by atoms with Crippen LogP contribution in [0.4, 0.5) is 0 Å². The predicted molar refractivity (Wildman–Crippen MR) is 91.3 cm³/mol. The van der Waals surface area contributed by atoms with Gasteiger partial charge in [0.15, 0.2) is 0 Å². The van der Waals surface area contributed by atoms with Crippen molar-refractivity contribution < 1.29 is 4.74 Å². The number of aryl methyl sites for hydroxylation is 1. The van der Waals surface area contributed by atoms with Crippen molar-refractivity contribution in [3.63, 3.8) is 0 Å². The monoisotopic (exact) mass is 351 g/mol. The van der Waals surface area contributed by atoms with E-state index in [9.17, 15) is 0 Å². The molecule has 116 valence electrons. The van der Waals surface area contributed by atoms with Gasteiger partial charge in [0.25, 0.3) is 0 Å². The lowest BCUT2D eigenvalue weighted by molar-refractivity contribution is 0.0143. The molecule has 0 N–H and O–H groups in total. The first-order valence-electron chi connectivity index (χ1n) is 8.34. The Bertz CT molecular complexity index is 443. The van der Waals surface area contributed by atoms with Crippen LogP contribution in [0.1, 0.15) is 42.7 Å². The van der Waals surface area contributed by atoms with Gasteiger partial charge in [-0.3, -0.25) is 0 Å². The number of ether oxygens (including phenoxy) is 1.